The van der Waals surface area contributed by atoms with Gasteiger partial charge in [-0.05, 0) is 38.8 Å². The molecule has 1 aromatic rings. The number of carboxylic acids is 1. The van der Waals surface area contributed by atoms with Gasteiger partial charge in [-0.25, -0.2) is 4.79 Å². The molecule has 15 heavy (non-hydrogen) atoms. The molecule has 1 N–H and O–H groups in total. The van der Waals surface area contributed by atoms with Crippen LogP contribution in [0.2, 0.25) is 0 Å². The van der Waals surface area contributed by atoms with E-state index < -0.39 is 12.1 Å². The first kappa shape index (κ1) is 11.6. The highest BCUT2D eigenvalue weighted by molar-refractivity contribution is 5.72. The molecule has 3 nitrogen and oxygen atoms in total. The second kappa shape index (κ2) is 4.34. The van der Waals surface area contributed by atoms with Gasteiger partial charge in [0.05, 0.1) is 0 Å². The van der Waals surface area contributed by atoms with Crippen molar-refractivity contribution in [2.24, 2.45) is 0 Å². The molecule has 1 rings (SSSR count). The number of carboxylic acid groups (broad SMARTS) is 1. The third-order valence-electron chi connectivity index (χ3n) is 2.25. The average molecular weight is 208 g/mol. The summed E-state index contributed by atoms with van der Waals surface area (Å²) in [6, 6.07) is 3.97. The van der Waals surface area contributed by atoms with Crippen LogP contribution in [0.5, 0.6) is 5.75 Å². The molecule has 0 aliphatic rings. The number of hydrogen-bond acceptors (Lipinski definition) is 2. The molecule has 0 aliphatic carbocycles. The van der Waals surface area contributed by atoms with Gasteiger partial charge in [-0.2, -0.15) is 0 Å². The van der Waals surface area contributed by atoms with Gasteiger partial charge in [-0.15, -0.1) is 0 Å². The maximum absolute atomic E-state index is 10.7. The summed E-state index contributed by atoms with van der Waals surface area (Å²) in [5, 5.41) is 8.75. The van der Waals surface area contributed by atoms with Crippen molar-refractivity contribution in [3.05, 3.63) is 28.8 Å². The van der Waals surface area contributed by atoms with Crippen LogP contribution in [0.4, 0.5) is 0 Å². The molecule has 0 saturated carbocycles. The third-order valence-corrected chi connectivity index (χ3v) is 2.25. The smallest absolute Gasteiger partial charge is 0.344 e. The van der Waals surface area contributed by atoms with E-state index in [-0.39, 0.29) is 0 Å². The Kier molecular flexibility index (Phi) is 3.35. The summed E-state index contributed by atoms with van der Waals surface area (Å²) in [6.07, 6.45) is -0.815. The molecule has 3 heteroatoms. The Morgan fingerprint density at radius 2 is 1.73 bits per heavy atom. The van der Waals surface area contributed by atoms with E-state index in [4.69, 9.17) is 9.84 Å². The molecule has 0 fully saturated rings. The second-order valence-electron chi connectivity index (χ2n) is 3.83. The molecule has 0 bridgehead atoms. The number of aryl methyl sites for hydroxylation is 3. The van der Waals surface area contributed by atoms with Crippen molar-refractivity contribution in [1.82, 2.24) is 0 Å². The summed E-state index contributed by atoms with van der Waals surface area (Å²) in [6.45, 7) is 7.37. The van der Waals surface area contributed by atoms with Crippen molar-refractivity contribution in [3.63, 3.8) is 0 Å². The maximum Gasteiger partial charge on any atom is 0.344 e. The van der Waals surface area contributed by atoms with Crippen molar-refractivity contribution < 1.29 is 14.6 Å². The van der Waals surface area contributed by atoms with Crippen LogP contribution < -0.4 is 4.74 Å². The fourth-order valence-electron chi connectivity index (χ4n) is 1.58. The highest BCUT2D eigenvalue weighted by Crippen LogP contribution is 2.25. The Morgan fingerprint density at radius 3 is 2.13 bits per heavy atom. The van der Waals surface area contributed by atoms with Crippen molar-refractivity contribution >= 4 is 5.97 Å². The Bertz CT molecular complexity index is 359. The van der Waals surface area contributed by atoms with E-state index >= 15 is 0 Å². The molecular formula is C12H16O3. The molecule has 0 spiro atoms. The second-order valence-corrected chi connectivity index (χ2v) is 3.83. The minimum absolute atomic E-state index is 0.676. The van der Waals surface area contributed by atoms with Gasteiger partial charge in [-0.1, -0.05) is 17.7 Å². The van der Waals surface area contributed by atoms with Crippen molar-refractivity contribution in [3.8, 4) is 5.75 Å². The quantitative estimate of drug-likeness (QED) is 0.830. The number of carbonyl (C=O) groups is 1. The van der Waals surface area contributed by atoms with Gasteiger partial charge >= 0.3 is 5.97 Å². The third kappa shape index (κ3) is 2.72. The summed E-state index contributed by atoms with van der Waals surface area (Å²) in [5.41, 5.74) is 3.10. The fourth-order valence-corrected chi connectivity index (χ4v) is 1.58. The highest BCUT2D eigenvalue weighted by Gasteiger charge is 2.15. The number of ether oxygens (including phenoxy) is 1. The van der Waals surface area contributed by atoms with E-state index in [2.05, 4.69) is 0 Å². The van der Waals surface area contributed by atoms with Gasteiger partial charge in [0, 0.05) is 0 Å². The van der Waals surface area contributed by atoms with E-state index in [1.165, 1.54) is 6.92 Å². The lowest BCUT2D eigenvalue weighted by Gasteiger charge is -2.15. The zero-order valence-corrected chi connectivity index (χ0v) is 9.50. The average Bonchev–Trinajstić information content (AvgIpc) is 2.10. The van der Waals surface area contributed by atoms with Crippen LogP contribution in [-0.4, -0.2) is 17.2 Å². The van der Waals surface area contributed by atoms with Gasteiger partial charge in [0.2, 0.25) is 0 Å². The van der Waals surface area contributed by atoms with Crippen LogP contribution in [-0.2, 0) is 4.79 Å². The monoisotopic (exact) mass is 208 g/mol. The predicted molar refractivity (Wildman–Crippen MR) is 58.4 cm³/mol. The minimum Gasteiger partial charge on any atom is -0.479 e. The van der Waals surface area contributed by atoms with Crippen LogP contribution in [0.3, 0.4) is 0 Å². The zero-order chi connectivity index (χ0) is 11.6. The molecule has 0 heterocycles. The van der Waals surface area contributed by atoms with Crippen molar-refractivity contribution in [1.29, 1.82) is 0 Å². The van der Waals surface area contributed by atoms with E-state index in [1.807, 2.05) is 32.9 Å². The first-order valence-electron chi connectivity index (χ1n) is 4.89. The molecular weight excluding hydrogens is 192 g/mol. The summed E-state index contributed by atoms with van der Waals surface area (Å²) in [5.74, 6) is -0.273. The summed E-state index contributed by atoms with van der Waals surface area (Å²) in [7, 11) is 0. The first-order chi connectivity index (χ1) is 6.91. The summed E-state index contributed by atoms with van der Waals surface area (Å²) < 4.78 is 5.39. The molecule has 82 valence electrons. The van der Waals surface area contributed by atoms with Gasteiger partial charge in [0.15, 0.2) is 6.10 Å². The standard InChI is InChI=1S/C12H16O3/c1-7-5-8(2)11(9(3)6-7)15-10(4)12(13)14/h5-6,10H,1-4H3,(H,13,14). The van der Waals surface area contributed by atoms with E-state index in [0.717, 1.165) is 16.7 Å². The van der Waals surface area contributed by atoms with Crippen LogP contribution in [0.1, 0.15) is 23.6 Å². The van der Waals surface area contributed by atoms with Crippen molar-refractivity contribution in [2.45, 2.75) is 33.8 Å². The van der Waals surface area contributed by atoms with E-state index in [1.54, 1.807) is 0 Å². The Labute approximate surface area is 89.7 Å². The lowest BCUT2D eigenvalue weighted by atomic mass is 10.1. The molecule has 0 saturated heterocycles. The van der Waals surface area contributed by atoms with E-state index in [9.17, 15) is 4.79 Å². The van der Waals surface area contributed by atoms with Crippen LogP contribution >= 0.6 is 0 Å². The maximum atomic E-state index is 10.7. The predicted octanol–water partition coefficient (Wildman–Crippen LogP) is 2.46. The molecule has 0 radical (unpaired) electrons. The Balaban J connectivity index is 3.00. The molecule has 1 unspecified atom stereocenters. The summed E-state index contributed by atoms with van der Waals surface area (Å²) >= 11 is 0. The number of rotatable bonds is 3. The van der Waals surface area contributed by atoms with E-state index in [0.29, 0.717) is 5.75 Å². The molecule has 0 amide bonds. The van der Waals surface area contributed by atoms with Gasteiger partial charge in [-0.3, -0.25) is 0 Å². The van der Waals surface area contributed by atoms with Crippen molar-refractivity contribution in [2.75, 3.05) is 0 Å². The summed E-state index contributed by atoms with van der Waals surface area (Å²) in [4.78, 5) is 10.7. The highest BCUT2D eigenvalue weighted by atomic mass is 16.5. The number of benzene rings is 1. The molecule has 1 aromatic carbocycles. The van der Waals surface area contributed by atoms with Crippen LogP contribution in [0.25, 0.3) is 0 Å². The lowest BCUT2D eigenvalue weighted by Crippen LogP contribution is -2.23. The Hall–Kier alpha value is -1.51. The number of hydrogen-bond donors (Lipinski definition) is 1. The molecule has 0 aliphatic heterocycles. The first-order valence-corrected chi connectivity index (χ1v) is 4.89. The van der Waals surface area contributed by atoms with Crippen LogP contribution in [0, 0.1) is 20.8 Å². The minimum atomic E-state index is -0.950. The topological polar surface area (TPSA) is 46.5 Å². The zero-order valence-electron chi connectivity index (χ0n) is 9.50. The lowest BCUT2D eigenvalue weighted by molar-refractivity contribution is -0.144. The molecule has 0 aromatic heterocycles. The fraction of sp³-hybridized carbons (Fsp3) is 0.417. The largest absolute Gasteiger partial charge is 0.479 e. The normalized spacial score (nSPS) is 12.3. The van der Waals surface area contributed by atoms with Gasteiger partial charge < -0.3 is 9.84 Å². The Morgan fingerprint density at radius 1 is 1.27 bits per heavy atom. The van der Waals surface area contributed by atoms with Gasteiger partial charge in [0.25, 0.3) is 0 Å². The van der Waals surface area contributed by atoms with Gasteiger partial charge in [0.1, 0.15) is 5.75 Å². The SMILES string of the molecule is Cc1cc(C)c(OC(C)C(=O)O)c(C)c1. The number of aliphatic carboxylic acids is 1. The molecule has 1 atom stereocenters. The van der Waals surface area contributed by atoms with Crippen LogP contribution in [0.15, 0.2) is 12.1 Å².